The average molecular weight is 243 g/mol. The van der Waals surface area contributed by atoms with Crippen molar-refractivity contribution in [3.8, 4) is 10.6 Å². The first kappa shape index (κ1) is 10.5. The van der Waals surface area contributed by atoms with Gasteiger partial charge in [0, 0.05) is 18.4 Å². The summed E-state index contributed by atoms with van der Waals surface area (Å²) in [5.74, 6) is 0. The van der Waals surface area contributed by atoms with Crippen molar-refractivity contribution in [2.24, 2.45) is 5.73 Å². The second kappa shape index (κ2) is 3.98. The van der Waals surface area contributed by atoms with E-state index in [0.29, 0.717) is 6.54 Å². The fourth-order valence-electron chi connectivity index (χ4n) is 1.98. The largest absolute Gasteiger partial charge is 0.326 e. The Bertz CT molecular complexity index is 653. The van der Waals surface area contributed by atoms with Gasteiger partial charge in [0.2, 0.25) is 0 Å². The third kappa shape index (κ3) is 1.66. The molecule has 3 heterocycles. The molecule has 4 heteroatoms. The highest BCUT2D eigenvalue weighted by Gasteiger charge is 2.10. The topological polar surface area (TPSA) is 43.3 Å². The van der Waals surface area contributed by atoms with E-state index in [1.165, 1.54) is 10.6 Å². The van der Waals surface area contributed by atoms with Crippen LogP contribution in [-0.2, 0) is 6.54 Å². The van der Waals surface area contributed by atoms with Crippen molar-refractivity contribution in [1.29, 1.82) is 0 Å². The first-order valence-electron chi connectivity index (χ1n) is 5.51. The Morgan fingerprint density at radius 2 is 2.29 bits per heavy atom. The molecule has 0 amide bonds. The molecule has 0 bridgehead atoms. The zero-order chi connectivity index (χ0) is 11.8. The van der Waals surface area contributed by atoms with Gasteiger partial charge in [0.25, 0.3) is 0 Å². The highest BCUT2D eigenvalue weighted by atomic mass is 32.1. The molecule has 0 aliphatic heterocycles. The van der Waals surface area contributed by atoms with E-state index in [2.05, 4.69) is 33.8 Å². The summed E-state index contributed by atoms with van der Waals surface area (Å²) in [6.07, 6.45) is 2.04. The van der Waals surface area contributed by atoms with Crippen molar-refractivity contribution in [3.05, 3.63) is 47.1 Å². The van der Waals surface area contributed by atoms with Gasteiger partial charge in [-0.25, -0.2) is 4.98 Å². The molecular formula is C13H13N3S. The summed E-state index contributed by atoms with van der Waals surface area (Å²) < 4.78 is 2.11. The molecule has 3 nitrogen and oxygen atoms in total. The Balaban J connectivity index is 2.24. The standard InChI is InChI=1S/C13H13N3S/c1-9-13(11-3-2-6-17-11)15-12-7-10(8-14)4-5-16(9)12/h2-7H,8,14H2,1H3. The minimum Gasteiger partial charge on any atom is -0.326 e. The van der Waals surface area contributed by atoms with E-state index >= 15 is 0 Å². The monoisotopic (exact) mass is 243 g/mol. The Labute approximate surface area is 104 Å². The van der Waals surface area contributed by atoms with Crippen molar-refractivity contribution in [2.45, 2.75) is 13.5 Å². The van der Waals surface area contributed by atoms with Gasteiger partial charge in [0.15, 0.2) is 0 Å². The molecule has 0 saturated carbocycles. The molecule has 0 saturated heterocycles. The number of nitrogens with two attached hydrogens (primary N) is 1. The minimum atomic E-state index is 0.552. The van der Waals surface area contributed by atoms with Crippen molar-refractivity contribution in [3.63, 3.8) is 0 Å². The second-order valence-corrected chi connectivity index (χ2v) is 4.94. The number of hydrogen-bond acceptors (Lipinski definition) is 3. The van der Waals surface area contributed by atoms with Crippen molar-refractivity contribution in [2.75, 3.05) is 0 Å². The summed E-state index contributed by atoms with van der Waals surface area (Å²) in [5.41, 5.74) is 9.96. The molecule has 0 radical (unpaired) electrons. The molecule has 86 valence electrons. The summed E-state index contributed by atoms with van der Waals surface area (Å²) in [6.45, 7) is 2.65. The molecular weight excluding hydrogens is 230 g/mol. The molecule has 3 rings (SSSR count). The van der Waals surface area contributed by atoms with Crippen LogP contribution in [0.2, 0.25) is 0 Å². The van der Waals surface area contributed by atoms with E-state index in [1.54, 1.807) is 11.3 Å². The van der Waals surface area contributed by atoms with E-state index < -0.39 is 0 Å². The third-order valence-electron chi connectivity index (χ3n) is 2.92. The fraction of sp³-hybridized carbons (Fsp3) is 0.154. The van der Waals surface area contributed by atoms with Gasteiger partial charge in [0.05, 0.1) is 4.88 Å². The Morgan fingerprint density at radius 1 is 1.41 bits per heavy atom. The summed E-state index contributed by atoms with van der Waals surface area (Å²) >= 11 is 1.71. The average Bonchev–Trinajstić information content (AvgIpc) is 2.97. The molecule has 0 fully saturated rings. The van der Waals surface area contributed by atoms with Crippen LogP contribution in [0.15, 0.2) is 35.8 Å². The number of imidazole rings is 1. The quantitative estimate of drug-likeness (QED) is 0.752. The Kier molecular flexibility index (Phi) is 2.46. The maximum Gasteiger partial charge on any atom is 0.138 e. The zero-order valence-electron chi connectivity index (χ0n) is 9.55. The van der Waals surface area contributed by atoms with Gasteiger partial charge in [-0.1, -0.05) is 6.07 Å². The molecule has 0 aliphatic rings. The first-order valence-corrected chi connectivity index (χ1v) is 6.39. The van der Waals surface area contributed by atoms with Gasteiger partial charge < -0.3 is 10.1 Å². The number of aryl methyl sites for hydroxylation is 1. The normalized spacial score (nSPS) is 11.2. The van der Waals surface area contributed by atoms with Gasteiger partial charge in [-0.3, -0.25) is 0 Å². The smallest absolute Gasteiger partial charge is 0.138 e. The molecule has 0 aromatic carbocycles. The molecule has 0 aliphatic carbocycles. The van der Waals surface area contributed by atoms with Crippen molar-refractivity contribution >= 4 is 17.0 Å². The van der Waals surface area contributed by atoms with Gasteiger partial charge in [-0.2, -0.15) is 0 Å². The molecule has 17 heavy (non-hydrogen) atoms. The van der Waals surface area contributed by atoms with Crippen LogP contribution < -0.4 is 5.73 Å². The van der Waals surface area contributed by atoms with E-state index in [9.17, 15) is 0 Å². The fourth-order valence-corrected chi connectivity index (χ4v) is 2.75. The van der Waals surface area contributed by atoms with Crippen LogP contribution in [0, 0.1) is 6.92 Å². The predicted molar refractivity (Wildman–Crippen MR) is 71.1 cm³/mol. The Hall–Kier alpha value is -1.65. The van der Waals surface area contributed by atoms with Gasteiger partial charge in [-0.15, -0.1) is 11.3 Å². The SMILES string of the molecule is Cc1c(-c2cccs2)nc2cc(CN)ccn12. The third-order valence-corrected chi connectivity index (χ3v) is 3.80. The number of hydrogen-bond donors (Lipinski definition) is 1. The van der Waals surface area contributed by atoms with Gasteiger partial charge in [-0.05, 0) is 36.1 Å². The molecule has 0 unspecified atom stereocenters. The van der Waals surface area contributed by atoms with Crippen LogP contribution in [-0.4, -0.2) is 9.38 Å². The van der Waals surface area contributed by atoms with Gasteiger partial charge >= 0.3 is 0 Å². The number of rotatable bonds is 2. The zero-order valence-corrected chi connectivity index (χ0v) is 10.4. The van der Waals surface area contributed by atoms with Crippen molar-refractivity contribution in [1.82, 2.24) is 9.38 Å². The van der Waals surface area contributed by atoms with Crippen LogP contribution >= 0.6 is 11.3 Å². The predicted octanol–water partition coefficient (Wildman–Crippen LogP) is 2.83. The molecule has 0 spiro atoms. The van der Waals surface area contributed by atoms with E-state index in [0.717, 1.165) is 16.9 Å². The summed E-state index contributed by atoms with van der Waals surface area (Å²) in [4.78, 5) is 5.89. The number of aromatic nitrogens is 2. The second-order valence-electron chi connectivity index (χ2n) is 3.99. The van der Waals surface area contributed by atoms with Crippen LogP contribution in [0.5, 0.6) is 0 Å². The van der Waals surface area contributed by atoms with Crippen LogP contribution in [0.25, 0.3) is 16.2 Å². The Morgan fingerprint density at radius 3 is 3.00 bits per heavy atom. The lowest BCUT2D eigenvalue weighted by Crippen LogP contribution is -1.97. The van der Waals surface area contributed by atoms with Gasteiger partial charge in [0.1, 0.15) is 11.3 Å². The minimum absolute atomic E-state index is 0.552. The first-order chi connectivity index (χ1) is 8.29. The molecule has 3 aromatic heterocycles. The lowest BCUT2D eigenvalue weighted by molar-refractivity contribution is 1.04. The summed E-state index contributed by atoms with van der Waals surface area (Å²) in [7, 11) is 0. The molecule has 0 atom stereocenters. The highest BCUT2D eigenvalue weighted by Crippen LogP contribution is 2.27. The number of thiophene rings is 1. The molecule has 2 N–H and O–H groups in total. The van der Waals surface area contributed by atoms with Crippen LogP contribution in [0.3, 0.4) is 0 Å². The van der Waals surface area contributed by atoms with Crippen molar-refractivity contribution < 1.29 is 0 Å². The lowest BCUT2D eigenvalue weighted by Gasteiger charge is -1.99. The van der Waals surface area contributed by atoms with Crippen LogP contribution in [0.1, 0.15) is 11.3 Å². The summed E-state index contributed by atoms with van der Waals surface area (Å²) in [5, 5.41) is 2.07. The number of pyridine rings is 1. The maximum absolute atomic E-state index is 5.65. The highest BCUT2D eigenvalue weighted by molar-refractivity contribution is 7.13. The van der Waals surface area contributed by atoms with Crippen LogP contribution in [0.4, 0.5) is 0 Å². The van der Waals surface area contributed by atoms with E-state index in [1.807, 2.05) is 18.3 Å². The lowest BCUT2D eigenvalue weighted by atomic mass is 10.2. The molecule has 3 aromatic rings. The van der Waals surface area contributed by atoms with E-state index in [-0.39, 0.29) is 0 Å². The van der Waals surface area contributed by atoms with E-state index in [4.69, 9.17) is 5.73 Å². The number of fused-ring (bicyclic) bond motifs is 1. The maximum atomic E-state index is 5.65. The summed E-state index contributed by atoms with van der Waals surface area (Å²) in [6, 6.07) is 8.24. The number of nitrogens with zero attached hydrogens (tertiary/aromatic N) is 2.